The summed E-state index contributed by atoms with van der Waals surface area (Å²) in [6, 6.07) is 8.82. The summed E-state index contributed by atoms with van der Waals surface area (Å²) < 4.78 is 10.2. The smallest absolute Gasteiger partial charge is 0.337 e. The third kappa shape index (κ3) is 7.44. The summed E-state index contributed by atoms with van der Waals surface area (Å²) in [6.07, 6.45) is -0.171. The van der Waals surface area contributed by atoms with E-state index in [4.69, 9.17) is 10.00 Å². The van der Waals surface area contributed by atoms with Gasteiger partial charge in [0.05, 0.1) is 38.3 Å². The Labute approximate surface area is 143 Å². The number of carbonyl (C=O) groups excluding carboxylic acids is 1. The van der Waals surface area contributed by atoms with Crippen molar-refractivity contribution in [1.82, 2.24) is 0 Å². The van der Waals surface area contributed by atoms with E-state index >= 15 is 0 Å². The van der Waals surface area contributed by atoms with Gasteiger partial charge in [0.1, 0.15) is 25.0 Å². The molecule has 132 valence electrons. The van der Waals surface area contributed by atoms with Crippen molar-refractivity contribution in [2.45, 2.75) is 26.4 Å². The zero-order valence-electron chi connectivity index (χ0n) is 14.6. The molecule has 1 aromatic carbocycles. The van der Waals surface area contributed by atoms with E-state index in [2.05, 4.69) is 24.7 Å². The van der Waals surface area contributed by atoms with Gasteiger partial charge in [0, 0.05) is 5.92 Å². The molecule has 0 saturated carbocycles. The topological polar surface area (TPSA) is 84.0 Å². The normalized spacial score (nSPS) is 13.2. The van der Waals surface area contributed by atoms with Crippen LogP contribution in [0.1, 0.15) is 30.6 Å². The minimum atomic E-state index is -0.640. The number of aliphatic hydroxyl groups is 1. The first kappa shape index (κ1) is 19.9. The third-order valence-electron chi connectivity index (χ3n) is 3.51. The summed E-state index contributed by atoms with van der Waals surface area (Å²) in [5, 5.41) is 18.9. The summed E-state index contributed by atoms with van der Waals surface area (Å²) in [5.41, 5.74) is 0.408. The highest BCUT2D eigenvalue weighted by Gasteiger charge is 2.17. The number of aliphatic hydroxyl groups excluding tert-OH is 1. The van der Waals surface area contributed by atoms with Gasteiger partial charge in [0.2, 0.25) is 0 Å². The molecule has 1 aromatic rings. The first-order valence-corrected chi connectivity index (χ1v) is 8.16. The minimum Gasteiger partial charge on any atom is -0.491 e. The lowest BCUT2D eigenvalue weighted by Crippen LogP contribution is -3.13. The maximum absolute atomic E-state index is 11.5. The number of nitriles is 1. The van der Waals surface area contributed by atoms with Crippen molar-refractivity contribution >= 4 is 5.97 Å². The predicted octanol–water partition coefficient (Wildman–Crippen LogP) is 0.667. The quantitative estimate of drug-likeness (QED) is 0.614. The van der Waals surface area contributed by atoms with E-state index in [1.165, 1.54) is 12.0 Å². The highest BCUT2D eigenvalue weighted by atomic mass is 16.5. The number of nitrogens with one attached hydrogen (secondary N) is 1. The summed E-state index contributed by atoms with van der Waals surface area (Å²) in [5.74, 6) is 0.577. The Hall–Kier alpha value is -2.10. The SMILES string of the molecule is COC(=O)c1cccc(OC[C@H](O)C[NH+](CCC#N)CC(C)C)c1. The number of esters is 1. The monoisotopic (exact) mass is 335 g/mol. The van der Waals surface area contributed by atoms with Gasteiger partial charge in [-0.3, -0.25) is 0 Å². The number of quaternary nitrogens is 1. The van der Waals surface area contributed by atoms with Crippen LogP contribution in [0.25, 0.3) is 0 Å². The molecule has 0 aromatic heterocycles. The Bertz CT molecular complexity index is 554. The first-order chi connectivity index (χ1) is 11.5. The molecule has 0 radical (unpaired) electrons. The van der Waals surface area contributed by atoms with Gasteiger partial charge in [-0.2, -0.15) is 5.26 Å². The summed E-state index contributed by atoms with van der Waals surface area (Å²) in [4.78, 5) is 12.7. The van der Waals surface area contributed by atoms with Crippen molar-refractivity contribution in [3.05, 3.63) is 29.8 Å². The molecule has 0 aliphatic carbocycles. The average Bonchev–Trinajstić information content (AvgIpc) is 2.57. The van der Waals surface area contributed by atoms with E-state index in [1.54, 1.807) is 24.3 Å². The van der Waals surface area contributed by atoms with Crippen molar-refractivity contribution in [2.24, 2.45) is 5.92 Å². The standard InChI is InChI=1S/C18H26N2O4/c1-14(2)11-20(9-5-8-19)12-16(21)13-24-17-7-4-6-15(10-17)18(22)23-3/h4,6-7,10,14,16,21H,5,9,11-13H2,1-3H3/p+1/t16-/m1/s1. The fourth-order valence-electron chi connectivity index (χ4n) is 2.51. The number of ether oxygens (including phenoxy) is 2. The molecule has 2 atom stereocenters. The number of nitrogens with zero attached hydrogens (tertiary/aromatic N) is 1. The molecule has 1 rings (SSSR count). The second-order valence-electron chi connectivity index (χ2n) is 6.19. The van der Waals surface area contributed by atoms with Gasteiger partial charge in [-0.1, -0.05) is 19.9 Å². The van der Waals surface area contributed by atoms with Crippen LogP contribution in [0.5, 0.6) is 5.75 Å². The number of carbonyl (C=O) groups is 1. The fourth-order valence-corrected chi connectivity index (χ4v) is 2.51. The number of rotatable bonds is 10. The van der Waals surface area contributed by atoms with Crippen LogP contribution in [0.3, 0.4) is 0 Å². The highest BCUT2D eigenvalue weighted by molar-refractivity contribution is 5.89. The van der Waals surface area contributed by atoms with Gasteiger partial charge in [-0.15, -0.1) is 0 Å². The molecule has 0 fully saturated rings. The number of hydrogen-bond donors (Lipinski definition) is 2. The van der Waals surface area contributed by atoms with Crippen LogP contribution in [0.2, 0.25) is 0 Å². The van der Waals surface area contributed by atoms with Gasteiger partial charge in [0.15, 0.2) is 0 Å². The van der Waals surface area contributed by atoms with Crippen LogP contribution in [-0.4, -0.2) is 50.5 Å². The van der Waals surface area contributed by atoms with Crippen LogP contribution in [0, 0.1) is 17.2 Å². The van der Waals surface area contributed by atoms with Crippen LogP contribution in [-0.2, 0) is 4.74 Å². The Kier molecular flexibility index (Phi) is 8.84. The molecule has 2 N–H and O–H groups in total. The van der Waals surface area contributed by atoms with Gasteiger partial charge >= 0.3 is 5.97 Å². The molecule has 1 unspecified atom stereocenters. The lowest BCUT2D eigenvalue weighted by Gasteiger charge is -2.23. The van der Waals surface area contributed by atoms with Crippen molar-refractivity contribution in [3.8, 4) is 11.8 Å². The number of methoxy groups -OCH3 is 1. The Morgan fingerprint density at radius 2 is 2.12 bits per heavy atom. The fraction of sp³-hybridized carbons (Fsp3) is 0.556. The molecule has 24 heavy (non-hydrogen) atoms. The minimum absolute atomic E-state index is 0.138. The maximum Gasteiger partial charge on any atom is 0.337 e. The lowest BCUT2D eigenvalue weighted by atomic mass is 10.2. The molecule has 0 aliphatic heterocycles. The Balaban J connectivity index is 2.53. The van der Waals surface area contributed by atoms with Crippen LogP contribution >= 0.6 is 0 Å². The number of hydrogen-bond acceptors (Lipinski definition) is 5. The lowest BCUT2D eigenvalue weighted by molar-refractivity contribution is -0.905. The molecule has 6 nitrogen and oxygen atoms in total. The highest BCUT2D eigenvalue weighted by Crippen LogP contribution is 2.14. The van der Waals surface area contributed by atoms with Crippen molar-refractivity contribution in [3.63, 3.8) is 0 Å². The molecule has 0 heterocycles. The van der Waals surface area contributed by atoms with E-state index < -0.39 is 12.1 Å². The predicted molar refractivity (Wildman–Crippen MR) is 89.9 cm³/mol. The molecular formula is C18H27N2O4+. The van der Waals surface area contributed by atoms with Gasteiger partial charge in [0.25, 0.3) is 0 Å². The Morgan fingerprint density at radius 1 is 1.38 bits per heavy atom. The molecule has 0 bridgehead atoms. The molecule has 0 amide bonds. The maximum atomic E-state index is 11.5. The summed E-state index contributed by atoms with van der Waals surface area (Å²) in [6.45, 7) is 6.51. The van der Waals surface area contributed by atoms with E-state index in [1.807, 2.05) is 0 Å². The average molecular weight is 335 g/mol. The largest absolute Gasteiger partial charge is 0.491 e. The summed E-state index contributed by atoms with van der Waals surface area (Å²) >= 11 is 0. The van der Waals surface area contributed by atoms with E-state index in [0.717, 1.165) is 6.54 Å². The van der Waals surface area contributed by atoms with Crippen LogP contribution < -0.4 is 9.64 Å². The second-order valence-corrected chi connectivity index (χ2v) is 6.19. The van der Waals surface area contributed by atoms with Gasteiger partial charge in [-0.05, 0) is 18.2 Å². The first-order valence-electron chi connectivity index (χ1n) is 8.16. The summed E-state index contributed by atoms with van der Waals surface area (Å²) in [7, 11) is 1.33. The Morgan fingerprint density at radius 3 is 2.75 bits per heavy atom. The molecule has 0 saturated heterocycles. The molecule has 0 spiro atoms. The second kappa shape index (κ2) is 10.6. The van der Waals surface area contributed by atoms with Crippen molar-refractivity contribution in [2.75, 3.05) is 33.4 Å². The van der Waals surface area contributed by atoms with E-state index in [9.17, 15) is 9.90 Å². The van der Waals surface area contributed by atoms with Crippen molar-refractivity contribution in [1.29, 1.82) is 5.26 Å². The third-order valence-corrected chi connectivity index (χ3v) is 3.51. The molecule has 6 heteroatoms. The zero-order valence-corrected chi connectivity index (χ0v) is 14.6. The van der Waals surface area contributed by atoms with Crippen LogP contribution in [0.15, 0.2) is 24.3 Å². The molecular weight excluding hydrogens is 308 g/mol. The van der Waals surface area contributed by atoms with E-state index in [-0.39, 0.29) is 6.61 Å². The zero-order chi connectivity index (χ0) is 17.9. The van der Waals surface area contributed by atoms with Crippen LogP contribution in [0.4, 0.5) is 0 Å². The molecule has 0 aliphatic rings. The van der Waals surface area contributed by atoms with Crippen molar-refractivity contribution < 1.29 is 24.3 Å². The number of benzene rings is 1. The van der Waals surface area contributed by atoms with Gasteiger partial charge in [-0.25, -0.2) is 4.79 Å². The van der Waals surface area contributed by atoms with E-state index in [0.29, 0.717) is 36.7 Å². The van der Waals surface area contributed by atoms with Gasteiger partial charge < -0.3 is 19.5 Å².